The summed E-state index contributed by atoms with van der Waals surface area (Å²) in [7, 11) is 1.59. The quantitative estimate of drug-likeness (QED) is 0.713. The van der Waals surface area contributed by atoms with Gasteiger partial charge in [0.2, 0.25) is 0 Å². The number of nitrogens with zero attached hydrogens (tertiary/aromatic N) is 2. The number of carbonyl (C=O) groups is 1. The molecule has 2 heterocycles. The van der Waals surface area contributed by atoms with Gasteiger partial charge in [-0.15, -0.1) is 11.3 Å². The van der Waals surface area contributed by atoms with Gasteiger partial charge in [-0.3, -0.25) is 9.36 Å². The zero-order chi connectivity index (χ0) is 18.8. The molecule has 1 unspecified atom stereocenters. The van der Waals surface area contributed by atoms with Crippen molar-refractivity contribution in [3.05, 3.63) is 45.8 Å². The summed E-state index contributed by atoms with van der Waals surface area (Å²) in [6, 6.07) is 6.47. The highest BCUT2D eigenvalue weighted by Gasteiger charge is 2.23. The van der Waals surface area contributed by atoms with Gasteiger partial charge in [-0.05, 0) is 31.0 Å². The molecule has 0 saturated carbocycles. The largest absolute Gasteiger partial charge is 0.497 e. The summed E-state index contributed by atoms with van der Waals surface area (Å²) >= 11 is 1.39. The maximum atomic E-state index is 13.2. The lowest BCUT2D eigenvalue weighted by molar-refractivity contribution is -0.140. The van der Waals surface area contributed by atoms with Gasteiger partial charge >= 0.3 is 5.97 Å². The Labute approximate surface area is 154 Å². The first-order chi connectivity index (χ1) is 12.5. The molecular weight excluding hydrogens is 352 g/mol. The number of thiophene rings is 1. The topological polar surface area (TPSA) is 81.4 Å². The van der Waals surface area contributed by atoms with Gasteiger partial charge < -0.3 is 9.84 Å². The summed E-state index contributed by atoms with van der Waals surface area (Å²) in [4.78, 5) is 30.0. The Morgan fingerprint density at radius 1 is 1.42 bits per heavy atom. The summed E-state index contributed by atoms with van der Waals surface area (Å²) in [5.41, 5.74) is 1.27. The zero-order valence-electron chi connectivity index (χ0n) is 14.9. The highest BCUT2D eigenvalue weighted by molar-refractivity contribution is 7.17. The molecule has 0 fully saturated rings. The number of rotatable bonds is 6. The van der Waals surface area contributed by atoms with Crippen molar-refractivity contribution >= 4 is 27.5 Å². The molecule has 1 atom stereocenters. The van der Waals surface area contributed by atoms with Crippen molar-refractivity contribution in [1.29, 1.82) is 0 Å². The van der Waals surface area contributed by atoms with E-state index in [1.165, 1.54) is 22.8 Å². The number of methoxy groups -OCH3 is 1. The normalized spacial score (nSPS) is 12.3. The number of aryl methyl sites for hydroxylation is 1. The molecule has 0 aliphatic rings. The van der Waals surface area contributed by atoms with Crippen LogP contribution in [-0.4, -0.2) is 27.7 Å². The molecule has 0 radical (unpaired) electrons. The van der Waals surface area contributed by atoms with Gasteiger partial charge in [0.1, 0.15) is 22.4 Å². The molecule has 0 aliphatic heterocycles. The van der Waals surface area contributed by atoms with Gasteiger partial charge in [-0.25, -0.2) is 9.78 Å². The summed E-state index contributed by atoms with van der Waals surface area (Å²) < 4.78 is 6.58. The smallest absolute Gasteiger partial charge is 0.326 e. The third kappa shape index (κ3) is 3.10. The number of benzene rings is 1. The lowest BCUT2D eigenvalue weighted by atomic mass is 10.1. The van der Waals surface area contributed by atoms with E-state index in [0.29, 0.717) is 28.2 Å². The summed E-state index contributed by atoms with van der Waals surface area (Å²) in [6.45, 7) is 3.48. The number of ether oxygens (including phenoxy) is 1. The van der Waals surface area contributed by atoms with Crippen LogP contribution in [0.3, 0.4) is 0 Å². The van der Waals surface area contributed by atoms with E-state index < -0.39 is 12.0 Å². The Bertz CT molecular complexity index is 1020. The predicted octanol–water partition coefficient (Wildman–Crippen LogP) is 3.73. The molecule has 7 heteroatoms. The van der Waals surface area contributed by atoms with E-state index in [-0.39, 0.29) is 5.56 Å². The Hall–Kier alpha value is -2.67. The van der Waals surface area contributed by atoms with Crippen LogP contribution in [0.4, 0.5) is 0 Å². The lowest BCUT2D eigenvalue weighted by Gasteiger charge is -2.16. The minimum absolute atomic E-state index is 0.313. The highest BCUT2D eigenvalue weighted by Crippen LogP contribution is 2.33. The van der Waals surface area contributed by atoms with Gasteiger partial charge in [0.15, 0.2) is 0 Å². The second kappa shape index (κ2) is 7.29. The van der Waals surface area contributed by atoms with Crippen molar-refractivity contribution < 1.29 is 14.6 Å². The van der Waals surface area contributed by atoms with Crippen LogP contribution in [0, 0.1) is 0 Å². The Balaban J connectivity index is 2.30. The SMILES string of the molecule is CCCc1nc2scc(-c3cccc(OC)c3)c2c(=O)n1C(C)C(=O)O. The van der Waals surface area contributed by atoms with Crippen LogP contribution in [0.5, 0.6) is 5.75 Å². The Morgan fingerprint density at radius 3 is 2.85 bits per heavy atom. The van der Waals surface area contributed by atoms with Crippen molar-refractivity contribution in [3.63, 3.8) is 0 Å². The molecule has 6 nitrogen and oxygen atoms in total. The molecular formula is C19H20N2O4S. The van der Waals surface area contributed by atoms with Gasteiger partial charge in [-0.2, -0.15) is 0 Å². The maximum absolute atomic E-state index is 13.2. The second-order valence-electron chi connectivity index (χ2n) is 6.03. The van der Waals surface area contributed by atoms with E-state index in [1.54, 1.807) is 7.11 Å². The fourth-order valence-corrected chi connectivity index (χ4v) is 3.91. The monoisotopic (exact) mass is 372 g/mol. The van der Waals surface area contributed by atoms with Crippen LogP contribution in [0.2, 0.25) is 0 Å². The van der Waals surface area contributed by atoms with Crippen LogP contribution in [0.25, 0.3) is 21.3 Å². The number of hydrogen-bond acceptors (Lipinski definition) is 5. The first kappa shape index (κ1) is 18.1. The van der Waals surface area contributed by atoms with Crippen molar-refractivity contribution in [2.75, 3.05) is 7.11 Å². The van der Waals surface area contributed by atoms with Crippen molar-refractivity contribution in [2.45, 2.75) is 32.7 Å². The molecule has 0 amide bonds. The van der Waals surface area contributed by atoms with Crippen molar-refractivity contribution in [3.8, 4) is 16.9 Å². The van der Waals surface area contributed by atoms with E-state index in [0.717, 1.165) is 17.5 Å². The van der Waals surface area contributed by atoms with Crippen molar-refractivity contribution in [2.24, 2.45) is 0 Å². The molecule has 0 aliphatic carbocycles. The number of aliphatic carboxylic acids is 1. The molecule has 1 aromatic carbocycles. The van der Waals surface area contributed by atoms with Gasteiger partial charge in [0.25, 0.3) is 5.56 Å². The third-order valence-electron chi connectivity index (χ3n) is 4.31. The maximum Gasteiger partial charge on any atom is 0.326 e. The van der Waals surface area contributed by atoms with Crippen LogP contribution in [0.1, 0.15) is 32.1 Å². The summed E-state index contributed by atoms with van der Waals surface area (Å²) in [5, 5.41) is 11.8. The van der Waals surface area contributed by atoms with E-state index in [4.69, 9.17) is 4.74 Å². The molecule has 3 aromatic rings. The highest BCUT2D eigenvalue weighted by atomic mass is 32.1. The minimum Gasteiger partial charge on any atom is -0.497 e. The van der Waals surface area contributed by atoms with Crippen LogP contribution >= 0.6 is 11.3 Å². The van der Waals surface area contributed by atoms with Gasteiger partial charge in [0, 0.05) is 17.4 Å². The van der Waals surface area contributed by atoms with Gasteiger partial charge in [0.05, 0.1) is 12.5 Å². The van der Waals surface area contributed by atoms with E-state index in [9.17, 15) is 14.7 Å². The van der Waals surface area contributed by atoms with E-state index >= 15 is 0 Å². The van der Waals surface area contributed by atoms with Crippen LogP contribution in [-0.2, 0) is 11.2 Å². The number of fused-ring (bicyclic) bond motifs is 1. The zero-order valence-corrected chi connectivity index (χ0v) is 15.7. The van der Waals surface area contributed by atoms with Gasteiger partial charge in [-0.1, -0.05) is 19.1 Å². The average Bonchev–Trinajstić information content (AvgIpc) is 3.06. The van der Waals surface area contributed by atoms with Crippen LogP contribution in [0.15, 0.2) is 34.4 Å². The number of carboxylic acids is 1. The molecule has 0 bridgehead atoms. The molecule has 1 N–H and O–H groups in total. The number of carboxylic acid groups (broad SMARTS) is 1. The summed E-state index contributed by atoms with van der Waals surface area (Å²) in [5.74, 6) is 0.152. The van der Waals surface area contributed by atoms with E-state index in [2.05, 4.69) is 4.98 Å². The molecule has 0 spiro atoms. The fourth-order valence-electron chi connectivity index (χ4n) is 2.96. The fraction of sp³-hybridized carbons (Fsp3) is 0.316. The summed E-state index contributed by atoms with van der Waals surface area (Å²) in [6.07, 6.45) is 1.33. The number of aromatic nitrogens is 2. The first-order valence-electron chi connectivity index (χ1n) is 8.37. The second-order valence-corrected chi connectivity index (χ2v) is 6.89. The predicted molar refractivity (Wildman–Crippen MR) is 102 cm³/mol. The Morgan fingerprint density at radius 2 is 2.19 bits per heavy atom. The van der Waals surface area contributed by atoms with E-state index in [1.807, 2.05) is 36.6 Å². The standard InChI is InChI=1S/C19H20N2O4S/c1-4-6-15-20-17-16(18(22)21(15)11(2)19(23)24)14(10-26-17)12-7-5-8-13(9-12)25-3/h5,7-11H,4,6H2,1-3H3,(H,23,24). The minimum atomic E-state index is -1.05. The first-order valence-corrected chi connectivity index (χ1v) is 9.25. The molecule has 136 valence electrons. The third-order valence-corrected chi connectivity index (χ3v) is 5.18. The molecule has 3 rings (SSSR count). The average molecular weight is 372 g/mol. The van der Waals surface area contributed by atoms with Crippen molar-refractivity contribution in [1.82, 2.24) is 9.55 Å². The van der Waals surface area contributed by atoms with Crippen LogP contribution < -0.4 is 10.3 Å². The Kier molecular flexibility index (Phi) is 5.08. The molecule has 26 heavy (non-hydrogen) atoms. The molecule has 0 saturated heterocycles. The number of hydrogen-bond donors (Lipinski definition) is 1. The lowest BCUT2D eigenvalue weighted by Crippen LogP contribution is -2.31. The molecule has 2 aromatic heterocycles.